The third-order valence-electron chi connectivity index (χ3n) is 6.70. The zero-order valence-electron chi connectivity index (χ0n) is 19.9. The predicted octanol–water partition coefficient (Wildman–Crippen LogP) is 0.822. The van der Waals surface area contributed by atoms with Crippen LogP contribution in [0.3, 0.4) is 0 Å². The highest BCUT2D eigenvalue weighted by molar-refractivity contribution is 6.00. The van der Waals surface area contributed by atoms with Crippen molar-refractivity contribution in [3.05, 3.63) is 58.6 Å². The molecule has 4 aliphatic rings. The SMILES string of the molecule is CNC(=O)CN1CCN(C(=O)c2cn(CC3CCCO3)cc3c(=O)n(-c4ccccc4)nc2-3)CC1. The summed E-state index contributed by atoms with van der Waals surface area (Å²) in [4.78, 5) is 42.5. The lowest BCUT2D eigenvalue weighted by molar-refractivity contribution is -0.122. The maximum atomic E-state index is 13.7. The molecule has 1 unspecified atom stereocenters. The normalized spacial score (nSPS) is 18.8. The zero-order chi connectivity index (χ0) is 24.4. The molecule has 5 rings (SSSR count). The number of amides is 2. The molecule has 2 fully saturated rings. The van der Waals surface area contributed by atoms with Crippen molar-refractivity contribution in [3.63, 3.8) is 0 Å². The summed E-state index contributed by atoms with van der Waals surface area (Å²) >= 11 is 0. The van der Waals surface area contributed by atoms with E-state index in [9.17, 15) is 14.4 Å². The fourth-order valence-electron chi connectivity index (χ4n) is 4.75. The number of nitrogens with zero attached hydrogens (tertiary/aromatic N) is 5. The molecule has 1 aromatic rings. The Morgan fingerprint density at radius 1 is 1.11 bits per heavy atom. The third-order valence-corrected chi connectivity index (χ3v) is 6.70. The van der Waals surface area contributed by atoms with Gasteiger partial charge in [0.05, 0.1) is 29.5 Å². The van der Waals surface area contributed by atoms with Gasteiger partial charge in [-0.15, -0.1) is 0 Å². The van der Waals surface area contributed by atoms with Gasteiger partial charge in [0.1, 0.15) is 5.69 Å². The number of ether oxygens (including phenoxy) is 1. The van der Waals surface area contributed by atoms with Crippen molar-refractivity contribution in [1.82, 2.24) is 29.5 Å². The van der Waals surface area contributed by atoms with Gasteiger partial charge in [-0.1, -0.05) is 18.2 Å². The average Bonchev–Trinajstić information content (AvgIpc) is 3.52. The van der Waals surface area contributed by atoms with E-state index in [1.807, 2.05) is 39.8 Å². The van der Waals surface area contributed by atoms with Crippen molar-refractivity contribution in [1.29, 1.82) is 0 Å². The lowest BCUT2D eigenvalue weighted by Gasteiger charge is -2.34. The molecule has 4 heterocycles. The molecule has 0 radical (unpaired) electrons. The van der Waals surface area contributed by atoms with E-state index in [0.29, 0.717) is 61.8 Å². The molecule has 0 aliphatic carbocycles. The van der Waals surface area contributed by atoms with Crippen molar-refractivity contribution in [2.45, 2.75) is 25.5 Å². The highest BCUT2D eigenvalue weighted by atomic mass is 16.5. The minimum atomic E-state index is -0.252. The summed E-state index contributed by atoms with van der Waals surface area (Å²) in [7, 11) is 1.62. The molecule has 0 spiro atoms. The Hall–Kier alpha value is -3.50. The highest BCUT2D eigenvalue weighted by Crippen LogP contribution is 2.25. The number of rotatable bonds is 6. The number of aromatic nitrogens is 3. The summed E-state index contributed by atoms with van der Waals surface area (Å²) < 4.78 is 9.04. The Morgan fingerprint density at radius 3 is 2.57 bits per heavy atom. The van der Waals surface area contributed by atoms with Gasteiger partial charge >= 0.3 is 0 Å². The summed E-state index contributed by atoms with van der Waals surface area (Å²) in [6, 6.07) is 9.22. The molecule has 0 saturated carbocycles. The summed E-state index contributed by atoms with van der Waals surface area (Å²) in [5.41, 5.74) is 1.63. The molecule has 10 nitrogen and oxygen atoms in total. The maximum Gasteiger partial charge on any atom is 0.282 e. The van der Waals surface area contributed by atoms with E-state index in [2.05, 4.69) is 10.4 Å². The molecule has 10 heteroatoms. The minimum absolute atomic E-state index is 0.0425. The number of pyridine rings is 1. The lowest BCUT2D eigenvalue weighted by Crippen LogP contribution is -2.51. The van der Waals surface area contributed by atoms with E-state index in [-0.39, 0.29) is 23.5 Å². The van der Waals surface area contributed by atoms with Gasteiger partial charge in [-0.2, -0.15) is 9.78 Å². The van der Waals surface area contributed by atoms with Crippen LogP contribution in [0.1, 0.15) is 23.2 Å². The number of carbonyl (C=O) groups is 2. The molecule has 35 heavy (non-hydrogen) atoms. The van der Waals surface area contributed by atoms with Crippen LogP contribution in [0.2, 0.25) is 0 Å². The summed E-state index contributed by atoms with van der Waals surface area (Å²) in [5, 5.41) is 7.22. The molecule has 1 N–H and O–H groups in total. The highest BCUT2D eigenvalue weighted by Gasteiger charge is 2.30. The zero-order valence-corrected chi connectivity index (χ0v) is 19.9. The first-order chi connectivity index (χ1) is 17.0. The van der Waals surface area contributed by atoms with E-state index in [0.717, 1.165) is 19.4 Å². The fourth-order valence-corrected chi connectivity index (χ4v) is 4.75. The smallest absolute Gasteiger partial charge is 0.282 e. The van der Waals surface area contributed by atoms with Crippen LogP contribution >= 0.6 is 0 Å². The Morgan fingerprint density at radius 2 is 1.89 bits per heavy atom. The van der Waals surface area contributed by atoms with Crippen LogP contribution < -0.4 is 10.9 Å². The van der Waals surface area contributed by atoms with Gasteiger partial charge in [0.2, 0.25) is 5.91 Å². The Kier molecular flexibility index (Phi) is 6.65. The molecule has 2 saturated heterocycles. The van der Waals surface area contributed by atoms with Gasteiger partial charge in [-0.3, -0.25) is 19.3 Å². The van der Waals surface area contributed by atoms with Gasteiger partial charge in [0.15, 0.2) is 0 Å². The van der Waals surface area contributed by atoms with Crippen LogP contribution in [0.15, 0.2) is 47.5 Å². The standard InChI is InChI=1S/C25H30N6O4/c1-26-22(32)17-28-9-11-30(12-10-28)24(33)20-15-29(14-19-8-5-13-35-19)16-21-23(20)27-31(25(21)34)18-6-3-2-4-7-18/h2-4,6-7,15-16,19H,5,8-14,17H2,1H3,(H,26,32). The molecular weight excluding hydrogens is 448 g/mol. The van der Waals surface area contributed by atoms with Crippen LogP contribution in [0.5, 0.6) is 0 Å². The second kappa shape index (κ2) is 10.0. The van der Waals surface area contributed by atoms with Crippen LogP contribution in [0, 0.1) is 0 Å². The first kappa shape index (κ1) is 23.3. The molecule has 184 valence electrons. The molecule has 4 aliphatic heterocycles. The monoisotopic (exact) mass is 478 g/mol. The topological polar surface area (TPSA) is 102 Å². The van der Waals surface area contributed by atoms with Crippen LogP contribution in [0.4, 0.5) is 0 Å². The van der Waals surface area contributed by atoms with Crippen molar-refractivity contribution in [2.75, 3.05) is 46.4 Å². The number of likely N-dealkylation sites (N-methyl/N-ethyl adjacent to an activating group) is 1. The number of hydrogen-bond acceptors (Lipinski definition) is 6. The molecule has 0 bridgehead atoms. The van der Waals surface area contributed by atoms with E-state index < -0.39 is 0 Å². The quantitative estimate of drug-likeness (QED) is 0.563. The first-order valence-corrected chi connectivity index (χ1v) is 12.1. The Bertz CT molecular complexity index is 1220. The van der Waals surface area contributed by atoms with Gasteiger partial charge in [-0.05, 0) is 25.0 Å². The van der Waals surface area contributed by atoms with Gasteiger partial charge in [0.25, 0.3) is 11.5 Å². The van der Waals surface area contributed by atoms with Crippen molar-refractivity contribution < 1.29 is 14.3 Å². The molecule has 2 amide bonds. The van der Waals surface area contributed by atoms with Crippen LogP contribution in [0.25, 0.3) is 16.9 Å². The molecule has 0 aromatic heterocycles. The van der Waals surface area contributed by atoms with Gasteiger partial charge in [-0.25, -0.2) is 0 Å². The predicted molar refractivity (Wildman–Crippen MR) is 130 cm³/mol. The third kappa shape index (κ3) is 4.85. The minimum Gasteiger partial charge on any atom is -0.376 e. The van der Waals surface area contributed by atoms with Crippen LogP contribution in [-0.2, 0) is 16.1 Å². The Labute approximate surface area is 203 Å². The Balaban J connectivity index is 1.47. The van der Waals surface area contributed by atoms with Crippen molar-refractivity contribution in [3.8, 4) is 16.9 Å². The maximum absolute atomic E-state index is 13.7. The summed E-state index contributed by atoms with van der Waals surface area (Å²) in [6.07, 6.45) is 5.61. The molecular formula is C25H30N6O4. The number of benzene rings is 1. The molecule has 1 aromatic carbocycles. The van der Waals surface area contributed by atoms with E-state index in [1.165, 1.54) is 4.68 Å². The lowest BCUT2D eigenvalue weighted by atomic mass is 10.1. The van der Waals surface area contributed by atoms with Crippen molar-refractivity contribution >= 4 is 11.8 Å². The van der Waals surface area contributed by atoms with E-state index in [4.69, 9.17) is 4.74 Å². The average molecular weight is 479 g/mol. The summed E-state index contributed by atoms with van der Waals surface area (Å²) in [6.45, 7) is 3.84. The number of nitrogens with one attached hydrogen (secondary N) is 1. The first-order valence-electron chi connectivity index (χ1n) is 12.1. The van der Waals surface area contributed by atoms with Gasteiger partial charge < -0.3 is 19.5 Å². The molecule has 1 atom stereocenters. The largest absolute Gasteiger partial charge is 0.376 e. The summed E-state index contributed by atoms with van der Waals surface area (Å²) in [5.74, 6) is -0.201. The second-order valence-electron chi connectivity index (χ2n) is 9.06. The number of piperazine rings is 1. The number of para-hydroxylation sites is 1. The van der Waals surface area contributed by atoms with E-state index in [1.54, 1.807) is 24.3 Å². The van der Waals surface area contributed by atoms with Gasteiger partial charge in [0, 0.05) is 58.8 Å². The fraction of sp³-hybridized carbons (Fsp3) is 0.440. The number of hydrogen-bond donors (Lipinski definition) is 1. The van der Waals surface area contributed by atoms with Crippen molar-refractivity contribution in [2.24, 2.45) is 0 Å². The second-order valence-corrected chi connectivity index (χ2v) is 9.06. The van der Waals surface area contributed by atoms with E-state index >= 15 is 0 Å². The number of carbonyl (C=O) groups excluding carboxylic acids is 2. The number of fused-ring (bicyclic) bond motifs is 1. The van der Waals surface area contributed by atoms with Crippen LogP contribution in [-0.4, -0.2) is 88.4 Å².